The van der Waals surface area contributed by atoms with Crippen LogP contribution < -0.4 is 10.1 Å². The van der Waals surface area contributed by atoms with Crippen molar-refractivity contribution in [2.45, 2.75) is 175 Å². The molecule has 10 heteroatoms. The van der Waals surface area contributed by atoms with Crippen molar-refractivity contribution in [2.24, 2.45) is 52.3 Å². The molecular formula is C55H77N3O6S. The molecule has 0 spiro atoms. The number of ketones is 1. The predicted molar refractivity (Wildman–Crippen MR) is 259 cm³/mol. The molecular weight excluding hydrogens is 831 g/mol. The van der Waals surface area contributed by atoms with Gasteiger partial charge in [0, 0.05) is 57.2 Å². The Morgan fingerprint density at radius 1 is 0.892 bits per heavy atom. The van der Waals surface area contributed by atoms with Crippen molar-refractivity contribution in [3.63, 3.8) is 0 Å². The standard InChI is InChI=1S/C55H77N3O6S/c1-35(2)11-9-12-36(3)44-20-21-45-43-19-16-38-32-40(24-27-54(38,4)46(43)25-28-55(44,45)5)62-30-10-14-39(59)17-23-52(60)64-49-15-8-7-13-37(49)31-51-58-47-22-18-41(34-50(47)65-51)63-42-26-29-57-48(33-42)53(61)56-6/h16,18,22,26,29,33-37,40,43-46,49H,7-15,17,19-21,23-25,27-28,30-32H2,1-6H3,(H,56,61)/t36-,37-,40+,43?,44-,45?,46?,49?,54+,55-/m1/s1. The van der Waals surface area contributed by atoms with Gasteiger partial charge in [-0.3, -0.25) is 19.4 Å². The largest absolute Gasteiger partial charge is 0.462 e. The molecule has 4 unspecified atom stereocenters. The highest BCUT2D eigenvalue weighted by Gasteiger charge is 2.59. The summed E-state index contributed by atoms with van der Waals surface area (Å²) in [7, 11) is 1.57. The molecule has 3 aromatic rings. The molecule has 10 atom stereocenters. The van der Waals surface area contributed by atoms with Gasteiger partial charge in [0.2, 0.25) is 0 Å². The van der Waals surface area contributed by atoms with Gasteiger partial charge < -0.3 is 19.5 Å². The number of ether oxygens (including phenoxy) is 3. The number of rotatable bonds is 19. The third kappa shape index (κ3) is 11.1. The predicted octanol–water partition coefficient (Wildman–Crippen LogP) is 13.0. The summed E-state index contributed by atoms with van der Waals surface area (Å²) in [6, 6.07) is 9.13. The van der Waals surface area contributed by atoms with Crippen molar-refractivity contribution in [1.82, 2.24) is 15.3 Å². The van der Waals surface area contributed by atoms with Gasteiger partial charge in [0.1, 0.15) is 29.1 Å². The first kappa shape index (κ1) is 47.8. The Bertz CT molecular complexity index is 2170. The first-order valence-electron chi connectivity index (χ1n) is 25.6. The number of pyridine rings is 1. The molecule has 65 heavy (non-hydrogen) atoms. The summed E-state index contributed by atoms with van der Waals surface area (Å²) in [5, 5.41) is 3.59. The van der Waals surface area contributed by atoms with E-state index in [1.54, 1.807) is 42.3 Å². The summed E-state index contributed by atoms with van der Waals surface area (Å²) in [6.07, 6.45) is 25.0. The first-order chi connectivity index (χ1) is 31.3. The van der Waals surface area contributed by atoms with Crippen LogP contribution in [0.1, 0.15) is 172 Å². The molecule has 0 saturated heterocycles. The minimum atomic E-state index is -0.275. The van der Waals surface area contributed by atoms with E-state index in [0.717, 1.165) is 95.7 Å². The molecule has 1 aromatic carbocycles. The number of hydrogen-bond acceptors (Lipinski definition) is 9. The molecule has 8 rings (SSSR count). The number of carbonyl (C=O) groups excluding carboxylic acids is 3. The van der Waals surface area contributed by atoms with Gasteiger partial charge >= 0.3 is 5.97 Å². The Balaban J connectivity index is 0.746. The maximum Gasteiger partial charge on any atom is 0.306 e. The fourth-order valence-corrected chi connectivity index (χ4v) is 14.7. The summed E-state index contributed by atoms with van der Waals surface area (Å²) < 4.78 is 19.6. The van der Waals surface area contributed by atoms with Gasteiger partial charge in [0.05, 0.1) is 27.7 Å². The topological polar surface area (TPSA) is 117 Å². The molecule has 0 bridgehead atoms. The second kappa shape index (κ2) is 21.1. The number of nitrogens with one attached hydrogen (secondary N) is 1. The molecule has 354 valence electrons. The van der Waals surface area contributed by atoms with E-state index in [2.05, 4.69) is 51.0 Å². The van der Waals surface area contributed by atoms with Gasteiger partial charge in [0.25, 0.3) is 5.91 Å². The number of carbonyl (C=O) groups is 3. The quantitative estimate of drug-likeness (QED) is 0.0718. The second-order valence-corrected chi connectivity index (χ2v) is 22.9. The highest BCUT2D eigenvalue weighted by Crippen LogP contribution is 2.67. The number of benzene rings is 1. The molecule has 5 aliphatic rings. The van der Waals surface area contributed by atoms with Gasteiger partial charge in [-0.2, -0.15) is 0 Å². The lowest BCUT2D eigenvalue weighted by molar-refractivity contribution is -0.154. The van der Waals surface area contributed by atoms with Gasteiger partial charge in [0.15, 0.2) is 0 Å². The van der Waals surface area contributed by atoms with Crippen LogP contribution in [0.25, 0.3) is 10.2 Å². The summed E-state index contributed by atoms with van der Waals surface area (Å²) in [5.74, 6) is 6.03. The number of Topliss-reactive ketones (excluding diaryl/α,β-unsaturated/α-hetero) is 1. The smallest absolute Gasteiger partial charge is 0.306 e. The number of hydrogen-bond donors (Lipinski definition) is 1. The number of nitrogens with zero attached hydrogens (tertiary/aromatic N) is 2. The maximum atomic E-state index is 13.1. The zero-order valence-corrected chi connectivity index (χ0v) is 41.2. The number of fused-ring (bicyclic) bond motifs is 6. The minimum absolute atomic E-state index is 0.111. The number of thiazole rings is 1. The van der Waals surface area contributed by atoms with Crippen LogP contribution in [-0.2, 0) is 25.5 Å². The number of amides is 1. The maximum absolute atomic E-state index is 13.1. The van der Waals surface area contributed by atoms with Crippen LogP contribution in [0, 0.1) is 52.3 Å². The summed E-state index contributed by atoms with van der Waals surface area (Å²) in [5.41, 5.74) is 3.68. The van der Waals surface area contributed by atoms with Crippen molar-refractivity contribution in [1.29, 1.82) is 0 Å². The Hall–Kier alpha value is -3.63. The normalized spacial score (nSPS) is 30.2. The van der Waals surface area contributed by atoms with E-state index in [0.29, 0.717) is 41.8 Å². The number of esters is 1. The van der Waals surface area contributed by atoms with E-state index in [9.17, 15) is 14.4 Å². The van der Waals surface area contributed by atoms with E-state index in [4.69, 9.17) is 19.2 Å². The van der Waals surface area contributed by atoms with Crippen LogP contribution in [0.15, 0.2) is 48.2 Å². The highest BCUT2D eigenvalue weighted by atomic mass is 32.1. The van der Waals surface area contributed by atoms with Crippen molar-refractivity contribution < 1.29 is 28.6 Å². The Labute approximate surface area is 393 Å². The van der Waals surface area contributed by atoms with Crippen LogP contribution >= 0.6 is 11.3 Å². The van der Waals surface area contributed by atoms with E-state index in [1.165, 1.54) is 57.8 Å². The molecule has 9 nitrogen and oxygen atoms in total. The Morgan fingerprint density at radius 2 is 1.72 bits per heavy atom. The third-order valence-electron chi connectivity index (χ3n) is 17.2. The van der Waals surface area contributed by atoms with E-state index >= 15 is 0 Å². The lowest BCUT2D eigenvalue weighted by Crippen LogP contribution is -2.51. The number of allylic oxidation sites excluding steroid dienone is 1. The minimum Gasteiger partial charge on any atom is -0.462 e. The molecule has 4 fully saturated rings. The number of aromatic nitrogens is 2. The molecule has 0 aliphatic heterocycles. The average molecular weight is 908 g/mol. The molecule has 5 aliphatic carbocycles. The zero-order valence-electron chi connectivity index (χ0n) is 40.3. The second-order valence-electron chi connectivity index (χ2n) is 21.7. The zero-order chi connectivity index (χ0) is 45.7. The van der Waals surface area contributed by atoms with Crippen LogP contribution in [0.3, 0.4) is 0 Å². The van der Waals surface area contributed by atoms with Gasteiger partial charge in [-0.15, -0.1) is 11.3 Å². The fraction of sp³-hybridized carbons (Fsp3) is 0.691. The molecule has 4 saturated carbocycles. The van der Waals surface area contributed by atoms with Crippen molar-refractivity contribution in [3.05, 3.63) is 58.9 Å². The van der Waals surface area contributed by atoms with E-state index in [-0.39, 0.29) is 54.3 Å². The summed E-state index contributed by atoms with van der Waals surface area (Å²) >= 11 is 1.63. The third-order valence-corrected chi connectivity index (χ3v) is 18.3. The van der Waals surface area contributed by atoms with Crippen molar-refractivity contribution >= 4 is 39.2 Å². The molecule has 1 N–H and O–H groups in total. The van der Waals surface area contributed by atoms with Gasteiger partial charge in [-0.05, 0) is 142 Å². The van der Waals surface area contributed by atoms with E-state index in [1.807, 2.05) is 18.2 Å². The van der Waals surface area contributed by atoms with Gasteiger partial charge in [-0.1, -0.05) is 72.0 Å². The average Bonchev–Trinajstić information content (AvgIpc) is 3.87. The lowest BCUT2D eigenvalue weighted by Gasteiger charge is -2.58. The van der Waals surface area contributed by atoms with E-state index < -0.39 is 0 Å². The molecule has 2 heterocycles. The highest BCUT2D eigenvalue weighted by molar-refractivity contribution is 7.18. The first-order valence-corrected chi connectivity index (χ1v) is 26.4. The lowest BCUT2D eigenvalue weighted by atomic mass is 9.47. The van der Waals surface area contributed by atoms with Crippen LogP contribution in [0.5, 0.6) is 11.5 Å². The molecule has 1 amide bonds. The van der Waals surface area contributed by atoms with Crippen molar-refractivity contribution in [3.8, 4) is 11.5 Å². The van der Waals surface area contributed by atoms with Crippen molar-refractivity contribution in [2.75, 3.05) is 13.7 Å². The summed E-state index contributed by atoms with van der Waals surface area (Å²) in [4.78, 5) is 47.1. The monoisotopic (exact) mass is 908 g/mol. The molecule has 0 radical (unpaired) electrons. The van der Waals surface area contributed by atoms with Crippen LogP contribution in [-0.4, -0.2) is 53.5 Å². The Morgan fingerprint density at radius 3 is 2.55 bits per heavy atom. The Kier molecular flexibility index (Phi) is 15.5. The van der Waals surface area contributed by atoms with Gasteiger partial charge in [-0.25, -0.2) is 4.98 Å². The van der Waals surface area contributed by atoms with Crippen LogP contribution in [0.4, 0.5) is 0 Å². The SMILES string of the molecule is CNC(=O)c1cc(Oc2ccc3nc(C[C@H]4CCCCC4OC(=O)CCC(=O)CCCO[C@H]4CC[C@@]5(C)C(=CCC6C5CC[C@@]5(C)C6CC[C@@H]5[C@H](C)CCCC(C)C)C4)sc3c2)ccn1. The fourth-order valence-electron chi connectivity index (χ4n) is 13.7. The summed E-state index contributed by atoms with van der Waals surface area (Å²) in [6.45, 7) is 13.2. The van der Waals surface area contributed by atoms with Crippen LogP contribution in [0.2, 0.25) is 0 Å². The molecule has 2 aromatic heterocycles.